The first-order valence-corrected chi connectivity index (χ1v) is 5.74. The quantitative estimate of drug-likeness (QED) is 0.593. The van der Waals surface area contributed by atoms with Gasteiger partial charge in [-0.25, -0.2) is 0 Å². The van der Waals surface area contributed by atoms with Crippen molar-refractivity contribution < 1.29 is 9.66 Å². The highest BCUT2D eigenvalue weighted by Crippen LogP contribution is 2.21. The van der Waals surface area contributed by atoms with Gasteiger partial charge in [0, 0.05) is 12.1 Å². The molecular weight excluding hydrogens is 220 g/mol. The predicted molar refractivity (Wildman–Crippen MR) is 64.2 cm³/mol. The Labute approximate surface area is 100 Å². The van der Waals surface area contributed by atoms with Crippen LogP contribution >= 0.6 is 0 Å². The Hall–Kier alpha value is -1.62. The van der Waals surface area contributed by atoms with Gasteiger partial charge < -0.3 is 9.64 Å². The van der Waals surface area contributed by atoms with Crippen LogP contribution in [0.15, 0.2) is 24.3 Å². The first-order valence-electron chi connectivity index (χ1n) is 5.74. The highest BCUT2D eigenvalue weighted by atomic mass is 16.6. The number of nitrogens with zero attached hydrogens (tertiary/aromatic N) is 2. The highest BCUT2D eigenvalue weighted by Gasteiger charge is 2.21. The van der Waals surface area contributed by atoms with E-state index in [0.717, 1.165) is 13.0 Å². The number of likely N-dealkylation sites (N-methyl/N-ethyl adjacent to an activating group) is 1. The molecule has 1 heterocycles. The summed E-state index contributed by atoms with van der Waals surface area (Å²) in [5.41, 5.74) is 0.0716. The van der Waals surface area contributed by atoms with Gasteiger partial charge in [0.1, 0.15) is 12.4 Å². The Morgan fingerprint density at radius 1 is 1.59 bits per heavy atom. The van der Waals surface area contributed by atoms with Gasteiger partial charge in [-0.05, 0) is 32.5 Å². The zero-order valence-corrected chi connectivity index (χ0v) is 9.83. The summed E-state index contributed by atoms with van der Waals surface area (Å²) in [6.45, 7) is 1.70. The fourth-order valence-corrected chi connectivity index (χ4v) is 2.07. The van der Waals surface area contributed by atoms with Crippen LogP contribution in [-0.4, -0.2) is 36.1 Å². The molecule has 17 heavy (non-hydrogen) atoms. The lowest BCUT2D eigenvalue weighted by molar-refractivity contribution is -0.384. The molecule has 0 bridgehead atoms. The minimum Gasteiger partial charge on any atom is -0.492 e. The van der Waals surface area contributed by atoms with Crippen LogP contribution in [0.1, 0.15) is 12.8 Å². The monoisotopic (exact) mass is 236 g/mol. The molecule has 1 saturated heterocycles. The summed E-state index contributed by atoms with van der Waals surface area (Å²) in [4.78, 5) is 12.5. The number of nitro groups is 1. The van der Waals surface area contributed by atoms with E-state index >= 15 is 0 Å². The minimum absolute atomic E-state index is 0.0716. The molecular formula is C12H16N2O3. The zero-order chi connectivity index (χ0) is 12.3. The molecule has 92 valence electrons. The van der Waals surface area contributed by atoms with Crippen molar-refractivity contribution in [2.24, 2.45) is 0 Å². The largest absolute Gasteiger partial charge is 0.492 e. The molecule has 1 aliphatic rings. The summed E-state index contributed by atoms with van der Waals surface area (Å²) >= 11 is 0. The fraction of sp³-hybridized carbons (Fsp3) is 0.500. The molecule has 0 spiro atoms. The molecule has 1 fully saturated rings. The van der Waals surface area contributed by atoms with Crippen LogP contribution < -0.4 is 4.74 Å². The third kappa shape index (κ3) is 2.94. The van der Waals surface area contributed by atoms with Crippen molar-refractivity contribution >= 4 is 5.69 Å². The van der Waals surface area contributed by atoms with Crippen LogP contribution in [0, 0.1) is 10.1 Å². The number of nitro benzene ring substituents is 1. The smallest absolute Gasteiger partial charge is 0.273 e. The number of ether oxygens (including phenoxy) is 1. The molecule has 0 aliphatic carbocycles. The Bertz CT molecular complexity index is 408. The third-order valence-corrected chi connectivity index (χ3v) is 3.14. The topological polar surface area (TPSA) is 55.6 Å². The van der Waals surface area contributed by atoms with Crippen LogP contribution in [0.4, 0.5) is 5.69 Å². The van der Waals surface area contributed by atoms with E-state index in [0.29, 0.717) is 18.4 Å². The van der Waals surface area contributed by atoms with Gasteiger partial charge in [-0.15, -0.1) is 0 Å². The summed E-state index contributed by atoms with van der Waals surface area (Å²) in [6.07, 6.45) is 2.32. The Morgan fingerprint density at radius 3 is 3.06 bits per heavy atom. The zero-order valence-electron chi connectivity index (χ0n) is 9.83. The first-order chi connectivity index (χ1) is 8.16. The standard InChI is InChI=1S/C12H16N2O3/c1-13-7-3-5-11(13)9-17-12-6-2-4-10(8-12)14(15)16/h2,4,6,8,11H,3,5,7,9H2,1H3/t11-/m0/s1. The number of likely N-dealkylation sites (tertiary alicyclic amines) is 1. The van der Waals surface area contributed by atoms with E-state index in [-0.39, 0.29) is 5.69 Å². The number of hydrogen-bond donors (Lipinski definition) is 0. The van der Waals surface area contributed by atoms with Crippen molar-refractivity contribution in [2.45, 2.75) is 18.9 Å². The van der Waals surface area contributed by atoms with Crippen LogP contribution in [0.2, 0.25) is 0 Å². The maximum atomic E-state index is 10.6. The van der Waals surface area contributed by atoms with E-state index < -0.39 is 4.92 Å². The lowest BCUT2D eigenvalue weighted by Gasteiger charge is -2.19. The Morgan fingerprint density at radius 2 is 2.41 bits per heavy atom. The van der Waals surface area contributed by atoms with Gasteiger partial charge in [-0.2, -0.15) is 0 Å². The molecule has 1 aliphatic heterocycles. The maximum absolute atomic E-state index is 10.6. The number of non-ortho nitro benzene ring substituents is 1. The van der Waals surface area contributed by atoms with E-state index in [4.69, 9.17) is 4.74 Å². The second-order valence-corrected chi connectivity index (χ2v) is 4.34. The van der Waals surface area contributed by atoms with E-state index in [9.17, 15) is 10.1 Å². The summed E-state index contributed by atoms with van der Waals surface area (Å²) in [5.74, 6) is 0.569. The lowest BCUT2D eigenvalue weighted by Crippen LogP contribution is -2.30. The summed E-state index contributed by atoms with van der Waals surface area (Å²) in [6, 6.07) is 6.76. The van der Waals surface area contributed by atoms with E-state index in [1.165, 1.54) is 18.6 Å². The lowest BCUT2D eigenvalue weighted by atomic mass is 10.2. The predicted octanol–water partition coefficient (Wildman–Crippen LogP) is 2.07. The van der Waals surface area contributed by atoms with Gasteiger partial charge >= 0.3 is 0 Å². The van der Waals surface area contributed by atoms with Crippen molar-refractivity contribution in [3.8, 4) is 5.75 Å². The van der Waals surface area contributed by atoms with Crippen molar-refractivity contribution in [1.29, 1.82) is 0 Å². The van der Waals surface area contributed by atoms with Crippen LogP contribution in [0.3, 0.4) is 0 Å². The molecule has 0 radical (unpaired) electrons. The van der Waals surface area contributed by atoms with Crippen molar-refractivity contribution in [3.05, 3.63) is 34.4 Å². The van der Waals surface area contributed by atoms with Gasteiger partial charge in [0.2, 0.25) is 0 Å². The fourth-order valence-electron chi connectivity index (χ4n) is 2.07. The summed E-state index contributed by atoms with van der Waals surface area (Å²) in [5, 5.41) is 10.6. The van der Waals surface area contributed by atoms with Gasteiger partial charge in [0.05, 0.1) is 11.0 Å². The number of benzene rings is 1. The van der Waals surface area contributed by atoms with Gasteiger partial charge in [0.15, 0.2) is 0 Å². The summed E-state index contributed by atoms with van der Waals surface area (Å²) in [7, 11) is 2.08. The first kappa shape index (κ1) is 11.9. The average Bonchev–Trinajstić information content (AvgIpc) is 2.72. The average molecular weight is 236 g/mol. The number of rotatable bonds is 4. The molecule has 1 aromatic carbocycles. The van der Waals surface area contributed by atoms with Gasteiger partial charge in [0.25, 0.3) is 5.69 Å². The molecule has 1 atom stereocenters. The highest BCUT2D eigenvalue weighted by molar-refractivity contribution is 5.37. The Balaban J connectivity index is 1.94. The SMILES string of the molecule is CN1CCC[C@H]1COc1cccc([N+](=O)[O-])c1. The molecule has 5 heteroatoms. The molecule has 0 aromatic heterocycles. The summed E-state index contributed by atoms with van der Waals surface area (Å²) < 4.78 is 5.61. The number of hydrogen-bond acceptors (Lipinski definition) is 4. The molecule has 0 amide bonds. The van der Waals surface area contributed by atoms with Crippen LogP contribution in [-0.2, 0) is 0 Å². The molecule has 0 N–H and O–H groups in total. The molecule has 2 rings (SSSR count). The van der Waals surface area contributed by atoms with Crippen molar-refractivity contribution in [1.82, 2.24) is 4.90 Å². The van der Waals surface area contributed by atoms with Gasteiger partial charge in [-0.1, -0.05) is 6.07 Å². The molecule has 5 nitrogen and oxygen atoms in total. The second-order valence-electron chi connectivity index (χ2n) is 4.34. The van der Waals surface area contributed by atoms with Crippen LogP contribution in [0.5, 0.6) is 5.75 Å². The normalized spacial score (nSPS) is 20.4. The van der Waals surface area contributed by atoms with E-state index in [1.54, 1.807) is 12.1 Å². The minimum atomic E-state index is -0.408. The second kappa shape index (κ2) is 5.14. The van der Waals surface area contributed by atoms with Crippen molar-refractivity contribution in [2.75, 3.05) is 20.2 Å². The Kier molecular flexibility index (Phi) is 3.58. The third-order valence-electron chi connectivity index (χ3n) is 3.14. The van der Waals surface area contributed by atoms with Crippen molar-refractivity contribution in [3.63, 3.8) is 0 Å². The maximum Gasteiger partial charge on any atom is 0.273 e. The van der Waals surface area contributed by atoms with E-state index in [2.05, 4.69) is 11.9 Å². The van der Waals surface area contributed by atoms with Crippen LogP contribution in [0.25, 0.3) is 0 Å². The molecule has 0 unspecified atom stereocenters. The van der Waals surface area contributed by atoms with E-state index in [1.807, 2.05) is 0 Å². The van der Waals surface area contributed by atoms with Gasteiger partial charge in [-0.3, -0.25) is 10.1 Å². The molecule has 0 saturated carbocycles. The molecule has 1 aromatic rings.